The third-order valence-corrected chi connectivity index (χ3v) is 3.65. The second-order valence-corrected chi connectivity index (χ2v) is 4.90. The number of hydrogen-bond donors (Lipinski definition) is 4. The van der Waals surface area contributed by atoms with E-state index in [1.165, 1.54) is 6.42 Å². The van der Waals surface area contributed by atoms with Gasteiger partial charge in [-0.15, -0.1) is 0 Å². The smallest absolute Gasteiger partial charge is 0.222 e. The van der Waals surface area contributed by atoms with Crippen molar-refractivity contribution in [3.05, 3.63) is 0 Å². The first-order valence-electron chi connectivity index (χ1n) is 6.36. The Bertz CT molecular complexity index is 236. The molecule has 1 aliphatic rings. The van der Waals surface area contributed by atoms with E-state index in [0.717, 1.165) is 25.7 Å². The fraction of sp³-hybridized carbons (Fsp3) is 0.917. The minimum atomic E-state index is -0.542. The molecule has 0 radical (unpaired) electrons. The number of nitrogens with one attached hydrogen (secondary N) is 2. The van der Waals surface area contributed by atoms with Gasteiger partial charge in [-0.3, -0.25) is 4.79 Å². The first-order chi connectivity index (χ1) is 8.15. The lowest BCUT2D eigenvalue weighted by Crippen LogP contribution is -2.50. The molecule has 0 aromatic carbocycles. The van der Waals surface area contributed by atoms with Crippen molar-refractivity contribution in [2.45, 2.75) is 50.1 Å². The third-order valence-electron chi connectivity index (χ3n) is 3.65. The van der Waals surface area contributed by atoms with Gasteiger partial charge in [0.25, 0.3) is 0 Å². The molecule has 1 saturated carbocycles. The number of hydrogen-bond acceptors (Lipinski definition) is 4. The number of amides is 1. The first kappa shape index (κ1) is 14.4. The zero-order valence-electron chi connectivity index (χ0n) is 10.5. The van der Waals surface area contributed by atoms with Crippen molar-refractivity contribution in [1.29, 1.82) is 0 Å². The predicted molar refractivity (Wildman–Crippen MR) is 65.6 cm³/mol. The van der Waals surface area contributed by atoms with Crippen molar-refractivity contribution >= 4 is 5.91 Å². The Balaban J connectivity index is 2.47. The summed E-state index contributed by atoms with van der Waals surface area (Å²) in [6.07, 6.45) is 5.98. The van der Waals surface area contributed by atoms with Gasteiger partial charge >= 0.3 is 0 Å². The lowest BCUT2D eigenvalue weighted by atomic mass is 9.79. The van der Waals surface area contributed by atoms with E-state index < -0.39 is 6.04 Å². The average molecular weight is 244 g/mol. The highest BCUT2D eigenvalue weighted by Gasteiger charge is 2.32. The van der Waals surface area contributed by atoms with E-state index in [2.05, 4.69) is 10.6 Å². The standard InChI is InChI=1S/C12H24N2O3/c1-13-12(5-3-2-4-6-12)7-11(17)14-10(8-15)9-16/h10,13,15-16H,2-9H2,1H3,(H,14,17). The van der Waals surface area contributed by atoms with Crippen LogP contribution in [0.5, 0.6) is 0 Å². The van der Waals surface area contributed by atoms with Crippen molar-refractivity contribution in [3.8, 4) is 0 Å². The number of rotatable bonds is 6. The molecule has 17 heavy (non-hydrogen) atoms. The fourth-order valence-corrected chi connectivity index (χ4v) is 2.48. The zero-order valence-corrected chi connectivity index (χ0v) is 10.5. The summed E-state index contributed by atoms with van der Waals surface area (Å²) < 4.78 is 0. The molecule has 1 rings (SSSR count). The van der Waals surface area contributed by atoms with Gasteiger partial charge < -0.3 is 20.8 Å². The Kier molecular flexibility index (Phi) is 5.88. The van der Waals surface area contributed by atoms with E-state index in [4.69, 9.17) is 10.2 Å². The molecule has 1 fully saturated rings. The summed E-state index contributed by atoms with van der Waals surface area (Å²) in [7, 11) is 1.90. The molecule has 0 atom stereocenters. The van der Waals surface area contributed by atoms with Gasteiger partial charge in [0, 0.05) is 12.0 Å². The van der Waals surface area contributed by atoms with Gasteiger partial charge in [-0.25, -0.2) is 0 Å². The van der Waals surface area contributed by atoms with Crippen LogP contribution in [0.1, 0.15) is 38.5 Å². The van der Waals surface area contributed by atoms with Gasteiger partial charge in [-0.05, 0) is 19.9 Å². The van der Waals surface area contributed by atoms with E-state index in [-0.39, 0.29) is 24.7 Å². The summed E-state index contributed by atoms with van der Waals surface area (Å²) in [4.78, 5) is 11.8. The number of aliphatic hydroxyl groups excluding tert-OH is 2. The van der Waals surface area contributed by atoms with Crippen LogP contribution in [0, 0.1) is 0 Å². The Labute approximate surface area is 103 Å². The van der Waals surface area contributed by atoms with Crippen LogP contribution in [-0.4, -0.2) is 48.0 Å². The van der Waals surface area contributed by atoms with Crippen LogP contribution in [-0.2, 0) is 4.79 Å². The molecule has 0 aliphatic heterocycles. The second-order valence-electron chi connectivity index (χ2n) is 4.90. The lowest BCUT2D eigenvalue weighted by Gasteiger charge is -2.37. The number of carbonyl (C=O) groups excluding carboxylic acids is 1. The normalized spacial score (nSPS) is 19.3. The first-order valence-corrected chi connectivity index (χ1v) is 6.36. The molecule has 0 spiro atoms. The lowest BCUT2D eigenvalue weighted by molar-refractivity contribution is -0.124. The van der Waals surface area contributed by atoms with Crippen LogP contribution in [0.2, 0.25) is 0 Å². The van der Waals surface area contributed by atoms with E-state index >= 15 is 0 Å². The van der Waals surface area contributed by atoms with Crippen LogP contribution in [0.4, 0.5) is 0 Å². The molecule has 1 aliphatic carbocycles. The molecule has 100 valence electrons. The molecular formula is C12H24N2O3. The van der Waals surface area contributed by atoms with Crippen LogP contribution < -0.4 is 10.6 Å². The van der Waals surface area contributed by atoms with Crippen molar-refractivity contribution < 1.29 is 15.0 Å². The van der Waals surface area contributed by atoms with Gasteiger partial charge in [-0.1, -0.05) is 19.3 Å². The molecule has 0 bridgehead atoms. The highest BCUT2D eigenvalue weighted by molar-refractivity contribution is 5.77. The third kappa shape index (κ3) is 4.26. The highest BCUT2D eigenvalue weighted by atomic mass is 16.3. The fourth-order valence-electron chi connectivity index (χ4n) is 2.48. The Hall–Kier alpha value is -0.650. The van der Waals surface area contributed by atoms with Crippen LogP contribution in [0.25, 0.3) is 0 Å². The van der Waals surface area contributed by atoms with Gasteiger partial charge in [0.15, 0.2) is 0 Å². The van der Waals surface area contributed by atoms with Gasteiger partial charge in [0.1, 0.15) is 0 Å². The summed E-state index contributed by atoms with van der Waals surface area (Å²) >= 11 is 0. The predicted octanol–water partition coefficient (Wildman–Crippen LogP) is -0.232. The SMILES string of the molecule is CNC1(CC(=O)NC(CO)CO)CCCCC1. The summed E-state index contributed by atoms with van der Waals surface area (Å²) in [5, 5.41) is 23.7. The Morgan fingerprint density at radius 2 is 1.82 bits per heavy atom. The number of aliphatic hydroxyl groups is 2. The molecule has 5 nitrogen and oxygen atoms in total. The maximum atomic E-state index is 11.8. The summed E-state index contributed by atoms with van der Waals surface area (Å²) in [5.74, 6) is -0.102. The van der Waals surface area contributed by atoms with Crippen LogP contribution >= 0.6 is 0 Å². The minimum Gasteiger partial charge on any atom is -0.394 e. The number of carbonyl (C=O) groups is 1. The maximum Gasteiger partial charge on any atom is 0.222 e. The molecular weight excluding hydrogens is 220 g/mol. The van der Waals surface area contributed by atoms with E-state index in [0.29, 0.717) is 6.42 Å². The van der Waals surface area contributed by atoms with Crippen molar-refractivity contribution in [2.24, 2.45) is 0 Å². The van der Waals surface area contributed by atoms with Crippen molar-refractivity contribution in [2.75, 3.05) is 20.3 Å². The van der Waals surface area contributed by atoms with E-state index in [1.54, 1.807) is 0 Å². The van der Waals surface area contributed by atoms with Gasteiger partial charge in [-0.2, -0.15) is 0 Å². The summed E-state index contributed by atoms with van der Waals surface area (Å²) in [5.41, 5.74) is -0.0994. The minimum absolute atomic E-state index is 0.0994. The van der Waals surface area contributed by atoms with Gasteiger partial charge in [0.2, 0.25) is 5.91 Å². The highest BCUT2D eigenvalue weighted by Crippen LogP contribution is 2.30. The average Bonchev–Trinajstić information content (AvgIpc) is 2.37. The van der Waals surface area contributed by atoms with Crippen LogP contribution in [0.3, 0.4) is 0 Å². The molecule has 0 saturated heterocycles. The Morgan fingerprint density at radius 1 is 1.24 bits per heavy atom. The largest absolute Gasteiger partial charge is 0.394 e. The molecule has 5 heteroatoms. The second kappa shape index (κ2) is 6.93. The van der Waals surface area contributed by atoms with Crippen molar-refractivity contribution in [3.63, 3.8) is 0 Å². The monoisotopic (exact) mass is 244 g/mol. The molecule has 0 aromatic heterocycles. The quantitative estimate of drug-likeness (QED) is 0.520. The van der Waals surface area contributed by atoms with E-state index in [1.807, 2.05) is 7.05 Å². The molecule has 0 aromatic rings. The molecule has 1 amide bonds. The van der Waals surface area contributed by atoms with E-state index in [9.17, 15) is 4.79 Å². The maximum absolute atomic E-state index is 11.8. The zero-order chi connectivity index (χ0) is 12.7. The Morgan fingerprint density at radius 3 is 2.29 bits per heavy atom. The van der Waals surface area contributed by atoms with Crippen molar-refractivity contribution in [1.82, 2.24) is 10.6 Å². The molecule has 0 unspecified atom stereocenters. The van der Waals surface area contributed by atoms with Crippen LogP contribution in [0.15, 0.2) is 0 Å². The molecule has 4 N–H and O–H groups in total. The summed E-state index contributed by atoms with van der Waals surface area (Å²) in [6.45, 7) is -0.455. The van der Waals surface area contributed by atoms with Gasteiger partial charge in [0.05, 0.1) is 19.3 Å². The topological polar surface area (TPSA) is 81.6 Å². The molecule has 0 heterocycles. The summed E-state index contributed by atoms with van der Waals surface area (Å²) in [6, 6.07) is -0.542.